The molecule has 0 fully saturated rings. The molecule has 0 atom stereocenters. The maximum atomic E-state index is 12.2. The van der Waals surface area contributed by atoms with Crippen LogP contribution in [0.15, 0.2) is 44.4 Å². The maximum Gasteiger partial charge on any atom is 0.250 e. The molecule has 0 saturated carbocycles. The lowest BCUT2D eigenvalue weighted by Crippen LogP contribution is -2.22. The molecular weight excluding hydrogens is 360 g/mol. The van der Waals surface area contributed by atoms with Crippen molar-refractivity contribution in [2.45, 2.75) is 17.3 Å². The molecule has 0 aliphatic rings. The third kappa shape index (κ3) is 4.13. The molecular formula is C13H15BrN2O2S2. The average Bonchev–Trinajstić information content (AvgIpc) is 2.88. The van der Waals surface area contributed by atoms with Crippen LogP contribution in [0.25, 0.3) is 0 Å². The maximum absolute atomic E-state index is 12.2. The van der Waals surface area contributed by atoms with Gasteiger partial charge < -0.3 is 5.32 Å². The summed E-state index contributed by atoms with van der Waals surface area (Å²) in [6, 6.07) is 9.24. The van der Waals surface area contributed by atoms with Crippen LogP contribution < -0.4 is 10.0 Å². The first kappa shape index (κ1) is 15.7. The third-order valence-corrected chi connectivity index (χ3v) is 6.07. The van der Waals surface area contributed by atoms with Gasteiger partial charge in [-0.05, 0) is 41.8 Å². The van der Waals surface area contributed by atoms with Gasteiger partial charge in [0.1, 0.15) is 4.21 Å². The molecule has 7 heteroatoms. The number of thiophene rings is 1. The zero-order chi connectivity index (χ0) is 14.6. The fourth-order valence-electron chi connectivity index (χ4n) is 1.64. The molecule has 0 spiro atoms. The standard InChI is InChI=1S/C13H15BrN2O2S2/c1-15-7-11-6-13(19-9-11)20(17,18)16-8-10-2-4-12(14)5-3-10/h2-6,9,15-16H,7-8H2,1H3. The number of benzene rings is 1. The van der Waals surface area contributed by atoms with Crippen LogP contribution in [0.5, 0.6) is 0 Å². The van der Waals surface area contributed by atoms with E-state index in [1.54, 1.807) is 6.07 Å². The summed E-state index contributed by atoms with van der Waals surface area (Å²) in [5, 5.41) is 4.85. The van der Waals surface area contributed by atoms with Gasteiger partial charge in [0.15, 0.2) is 0 Å². The smallest absolute Gasteiger partial charge is 0.250 e. The topological polar surface area (TPSA) is 58.2 Å². The van der Waals surface area contributed by atoms with Gasteiger partial charge in [-0.25, -0.2) is 13.1 Å². The number of halogens is 1. The summed E-state index contributed by atoms with van der Waals surface area (Å²) in [6.45, 7) is 0.952. The Morgan fingerprint density at radius 2 is 1.85 bits per heavy atom. The van der Waals surface area contributed by atoms with Crippen molar-refractivity contribution < 1.29 is 8.42 Å². The van der Waals surface area contributed by atoms with E-state index in [0.29, 0.717) is 10.8 Å². The van der Waals surface area contributed by atoms with Crippen LogP contribution in [0.2, 0.25) is 0 Å². The van der Waals surface area contributed by atoms with E-state index >= 15 is 0 Å². The van der Waals surface area contributed by atoms with Gasteiger partial charge >= 0.3 is 0 Å². The second-order valence-corrected chi connectivity index (χ2v) is 8.08. The quantitative estimate of drug-likeness (QED) is 0.816. The van der Waals surface area contributed by atoms with E-state index in [-0.39, 0.29) is 6.54 Å². The third-order valence-electron chi connectivity index (χ3n) is 2.66. The molecule has 20 heavy (non-hydrogen) atoms. The summed E-state index contributed by atoms with van der Waals surface area (Å²) < 4.78 is 28.3. The van der Waals surface area contributed by atoms with E-state index in [1.807, 2.05) is 36.7 Å². The minimum Gasteiger partial charge on any atom is -0.316 e. The van der Waals surface area contributed by atoms with Gasteiger partial charge in [-0.15, -0.1) is 11.3 Å². The highest BCUT2D eigenvalue weighted by molar-refractivity contribution is 9.10. The normalized spacial score (nSPS) is 11.7. The molecule has 0 aliphatic heterocycles. The largest absolute Gasteiger partial charge is 0.316 e. The van der Waals surface area contributed by atoms with Gasteiger partial charge in [0, 0.05) is 17.6 Å². The Bertz CT molecular complexity index is 666. The van der Waals surface area contributed by atoms with Crippen molar-refractivity contribution in [2.24, 2.45) is 0 Å². The Morgan fingerprint density at radius 3 is 2.50 bits per heavy atom. The van der Waals surface area contributed by atoms with Crippen molar-refractivity contribution in [3.05, 3.63) is 51.3 Å². The van der Waals surface area contributed by atoms with Crippen molar-refractivity contribution in [3.8, 4) is 0 Å². The van der Waals surface area contributed by atoms with Crippen LogP contribution in [0.3, 0.4) is 0 Å². The van der Waals surface area contributed by atoms with Crippen molar-refractivity contribution in [1.29, 1.82) is 0 Å². The minimum absolute atomic E-state index is 0.287. The van der Waals surface area contributed by atoms with Crippen molar-refractivity contribution >= 4 is 37.3 Å². The molecule has 0 bridgehead atoms. The molecule has 1 heterocycles. The Kier molecular flexibility index (Phi) is 5.34. The van der Waals surface area contributed by atoms with E-state index in [9.17, 15) is 8.42 Å². The zero-order valence-electron chi connectivity index (χ0n) is 10.9. The number of nitrogens with one attached hydrogen (secondary N) is 2. The Hall–Kier alpha value is -0.730. The van der Waals surface area contributed by atoms with E-state index in [4.69, 9.17) is 0 Å². The predicted molar refractivity (Wildman–Crippen MR) is 85.3 cm³/mol. The van der Waals surface area contributed by atoms with E-state index in [1.165, 1.54) is 11.3 Å². The monoisotopic (exact) mass is 374 g/mol. The first-order valence-electron chi connectivity index (χ1n) is 5.97. The summed E-state index contributed by atoms with van der Waals surface area (Å²) >= 11 is 4.58. The molecule has 1 aromatic heterocycles. The summed E-state index contributed by atoms with van der Waals surface area (Å²) in [7, 11) is -1.61. The molecule has 0 unspecified atom stereocenters. The molecule has 1 aromatic carbocycles. The van der Waals surface area contributed by atoms with Crippen molar-refractivity contribution in [3.63, 3.8) is 0 Å². The van der Waals surface area contributed by atoms with Gasteiger partial charge in [-0.2, -0.15) is 0 Å². The lowest BCUT2D eigenvalue weighted by atomic mass is 10.2. The fourth-order valence-corrected chi connectivity index (χ4v) is 4.18. The SMILES string of the molecule is CNCc1csc(S(=O)(=O)NCc2ccc(Br)cc2)c1. The van der Waals surface area contributed by atoms with Crippen LogP contribution >= 0.6 is 27.3 Å². The Labute approximate surface area is 131 Å². The van der Waals surface area contributed by atoms with Gasteiger partial charge in [-0.3, -0.25) is 0 Å². The van der Waals surface area contributed by atoms with Crippen LogP contribution in [-0.2, 0) is 23.1 Å². The molecule has 108 valence electrons. The molecule has 0 saturated heterocycles. The highest BCUT2D eigenvalue weighted by Crippen LogP contribution is 2.20. The summed E-state index contributed by atoms with van der Waals surface area (Å²) in [4.78, 5) is 0. The van der Waals surface area contributed by atoms with Crippen LogP contribution in [0.4, 0.5) is 0 Å². The zero-order valence-corrected chi connectivity index (χ0v) is 14.1. The van der Waals surface area contributed by atoms with E-state index in [0.717, 1.165) is 15.6 Å². The summed E-state index contributed by atoms with van der Waals surface area (Å²) in [5.41, 5.74) is 1.89. The van der Waals surface area contributed by atoms with Gasteiger partial charge in [0.25, 0.3) is 0 Å². The van der Waals surface area contributed by atoms with Gasteiger partial charge in [0.2, 0.25) is 10.0 Å². The second kappa shape index (κ2) is 6.82. The van der Waals surface area contributed by atoms with Crippen LogP contribution in [-0.4, -0.2) is 15.5 Å². The molecule has 2 rings (SSSR count). The number of hydrogen-bond acceptors (Lipinski definition) is 4. The highest BCUT2D eigenvalue weighted by atomic mass is 79.9. The van der Waals surface area contributed by atoms with Gasteiger partial charge in [-0.1, -0.05) is 28.1 Å². The molecule has 2 aromatic rings. The average molecular weight is 375 g/mol. The summed E-state index contributed by atoms with van der Waals surface area (Å²) in [6.07, 6.45) is 0. The van der Waals surface area contributed by atoms with E-state index < -0.39 is 10.0 Å². The van der Waals surface area contributed by atoms with Gasteiger partial charge in [0.05, 0.1) is 0 Å². The number of sulfonamides is 1. The fraction of sp³-hybridized carbons (Fsp3) is 0.231. The minimum atomic E-state index is -3.44. The first-order valence-corrected chi connectivity index (χ1v) is 9.13. The predicted octanol–water partition coefficient (Wildman–Crippen LogP) is 2.71. The summed E-state index contributed by atoms with van der Waals surface area (Å²) in [5.74, 6) is 0. The molecule has 2 N–H and O–H groups in total. The molecule has 0 radical (unpaired) electrons. The van der Waals surface area contributed by atoms with Crippen molar-refractivity contribution in [2.75, 3.05) is 7.05 Å². The second-order valence-electron chi connectivity index (χ2n) is 4.26. The Balaban J connectivity index is 2.04. The molecule has 0 aliphatic carbocycles. The molecule has 4 nitrogen and oxygen atoms in total. The highest BCUT2D eigenvalue weighted by Gasteiger charge is 2.16. The molecule has 0 amide bonds. The number of hydrogen-bond donors (Lipinski definition) is 2. The number of rotatable bonds is 6. The van der Waals surface area contributed by atoms with Crippen LogP contribution in [0, 0.1) is 0 Å². The first-order chi connectivity index (χ1) is 9.51. The van der Waals surface area contributed by atoms with Crippen LogP contribution in [0.1, 0.15) is 11.1 Å². The lowest BCUT2D eigenvalue weighted by molar-refractivity contribution is 0.583. The van der Waals surface area contributed by atoms with Crippen molar-refractivity contribution in [1.82, 2.24) is 10.0 Å². The lowest BCUT2D eigenvalue weighted by Gasteiger charge is -2.05. The van der Waals surface area contributed by atoms with E-state index in [2.05, 4.69) is 26.0 Å². The Morgan fingerprint density at radius 1 is 1.15 bits per heavy atom.